The van der Waals surface area contributed by atoms with E-state index < -0.39 is 30.8 Å². The van der Waals surface area contributed by atoms with E-state index in [9.17, 15) is 72.2 Å². The third-order valence-corrected chi connectivity index (χ3v) is 18.3. The number of esters is 7. The number of ether oxygens (including phenoxy) is 8. The van der Waals surface area contributed by atoms with Gasteiger partial charge in [0.05, 0.1) is 100 Å². The van der Waals surface area contributed by atoms with Crippen LogP contribution in [0.3, 0.4) is 0 Å². The summed E-state index contributed by atoms with van der Waals surface area (Å²) in [7, 11) is 7.34. The number of carbonyl (C=O) groups is 14. The normalized spacial score (nSPS) is 21.0. The van der Waals surface area contributed by atoms with Gasteiger partial charge in [-0.25, -0.2) is 0 Å². The van der Waals surface area contributed by atoms with Crippen molar-refractivity contribution in [3.8, 4) is 0 Å². The monoisotopic (exact) mass is 1600 g/mol. The summed E-state index contributed by atoms with van der Waals surface area (Å²) >= 11 is 0. The minimum Gasteiger partial charge on any atom is -0.466 e. The van der Waals surface area contributed by atoms with E-state index in [1.165, 1.54) is 24.2 Å². The van der Waals surface area contributed by atoms with Gasteiger partial charge >= 0.3 is 47.9 Å². The maximum atomic E-state index is 11.9. The van der Waals surface area contributed by atoms with Crippen LogP contribution < -0.4 is 0 Å². The number of aliphatic hydroxyl groups excluding tert-OH is 3. The first-order chi connectivity index (χ1) is 53.1. The minimum atomic E-state index is -1.23. The average molecular weight is 1600 g/mol. The van der Waals surface area contributed by atoms with Gasteiger partial charge in [-0.05, 0) is 107 Å². The third-order valence-electron chi connectivity index (χ3n) is 18.3. The Hall–Kier alpha value is -8.24. The van der Waals surface area contributed by atoms with Crippen molar-refractivity contribution >= 4 is 89.3 Å². The highest BCUT2D eigenvalue weighted by Gasteiger charge is 2.41. The van der Waals surface area contributed by atoms with Gasteiger partial charge in [0.25, 0.3) is 0 Å². The molecular formula is C77H132N8O27. The Bertz CT molecular complexity index is 2880. The molecule has 0 aromatic carbocycles. The van der Waals surface area contributed by atoms with Gasteiger partial charge in [-0.3, -0.25) is 67.1 Å². The van der Waals surface area contributed by atoms with Gasteiger partial charge in [-0.2, -0.15) is 9.59 Å². The van der Waals surface area contributed by atoms with Crippen LogP contribution in [0.5, 0.6) is 0 Å². The summed E-state index contributed by atoms with van der Waals surface area (Å²) in [6, 6.07) is 0. The molecular weight excluding hydrogens is 1470 g/mol. The number of rotatable bonds is 34. The molecule has 0 spiro atoms. The van der Waals surface area contributed by atoms with Gasteiger partial charge in [0.15, 0.2) is 6.23 Å². The molecule has 7 amide bonds. The molecule has 10 unspecified atom stereocenters. The van der Waals surface area contributed by atoms with Gasteiger partial charge in [0.2, 0.25) is 41.4 Å². The number of unbranched alkanes of at least 4 members (excludes halogenated alkanes) is 1. The fourth-order valence-corrected chi connectivity index (χ4v) is 12.7. The lowest BCUT2D eigenvalue weighted by molar-refractivity contribution is -0.192. The predicted molar refractivity (Wildman–Crippen MR) is 403 cm³/mol. The Kier molecular flexibility index (Phi) is 54.3. The van der Waals surface area contributed by atoms with Crippen LogP contribution in [0.25, 0.3) is 0 Å². The van der Waals surface area contributed by atoms with E-state index in [1.807, 2.05) is 19.0 Å². The van der Waals surface area contributed by atoms with Crippen molar-refractivity contribution in [2.24, 2.45) is 53.3 Å². The molecule has 10 atom stereocenters. The van der Waals surface area contributed by atoms with Crippen molar-refractivity contribution in [3.63, 3.8) is 0 Å². The number of methoxy groups -OCH3 is 1. The molecule has 7 heterocycles. The van der Waals surface area contributed by atoms with Gasteiger partial charge in [-0.1, -0.05) is 47.0 Å². The van der Waals surface area contributed by atoms with Crippen molar-refractivity contribution in [1.82, 2.24) is 39.2 Å². The van der Waals surface area contributed by atoms with Crippen LogP contribution in [0.4, 0.5) is 0 Å². The molecule has 7 fully saturated rings. The molecule has 642 valence electrons. The van der Waals surface area contributed by atoms with Crippen LogP contribution in [0, 0.1) is 53.3 Å². The zero-order valence-corrected chi connectivity index (χ0v) is 69.3. The summed E-state index contributed by atoms with van der Waals surface area (Å²) in [5.41, 5.74) is 0. The van der Waals surface area contributed by atoms with E-state index in [0.717, 1.165) is 50.3 Å². The van der Waals surface area contributed by atoms with Crippen molar-refractivity contribution in [2.75, 3.05) is 173 Å². The van der Waals surface area contributed by atoms with Crippen molar-refractivity contribution in [1.29, 1.82) is 0 Å². The molecule has 112 heavy (non-hydrogen) atoms. The van der Waals surface area contributed by atoms with Crippen LogP contribution in [0.2, 0.25) is 0 Å². The quantitative estimate of drug-likeness (QED) is 0.0473. The maximum absolute atomic E-state index is 11.9. The maximum Gasteiger partial charge on any atom is 0.373 e. The van der Waals surface area contributed by atoms with Crippen LogP contribution in [-0.2, 0) is 115 Å². The zero-order valence-electron chi connectivity index (χ0n) is 69.3. The van der Waals surface area contributed by atoms with Gasteiger partial charge < -0.3 is 92.4 Å². The molecule has 0 saturated carbocycles. The van der Waals surface area contributed by atoms with E-state index >= 15 is 0 Å². The first-order valence-corrected chi connectivity index (χ1v) is 39.3. The number of hydrogen-bond acceptors (Lipinski definition) is 28. The highest BCUT2D eigenvalue weighted by atomic mass is 16.6. The third kappa shape index (κ3) is 40.5. The number of nitrogens with zero attached hydrogens (tertiary/aromatic N) is 8. The second-order valence-electron chi connectivity index (χ2n) is 28.4. The SMILES string of the molecule is CCCCC(CC)CN1CC(C(=O)OCC)CC1=O.CCOC(=O)C1CC(=O)N(C(O)CO)C1.CCOC(=O)C1CC(=O)N(C)C1.CCOC(=O)C1CC(=O)N(CC(C)C)C1.CCOC(=O)C1CC(=O)N(CC(C)O)C1.CCOC(=O)C1CC(=O)N(CCCN(C)C)C1.CCOC(=O)C1CC(=O)N(CCCOC)C1.O=C=O. The number of carbonyl (C=O) groups excluding carboxylic acids is 16. The van der Waals surface area contributed by atoms with Gasteiger partial charge in [0.1, 0.15) is 0 Å². The number of β-amino-alcohol motifs (C(OH)–C–C–N with tert-alkyl or cyclic N) is 1. The fraction of sp³-hybridized carbons (Fsp3) is 0.805. The summed E-state index contributed by atoms with van der Waals surface area (Å²) in [4.78, 5) is 190. The Morgan fingerprint density at radius 3 is 1.04 bits per heavy atom. The lowest BCUT2D eigenvalue weighted by Crippen LogP contribution is -2.39. The van der Waals surface area contributed by atoms with Gasteiger partial charge in [0, 0.05) is 144 Å². The summed E-state index contributed by atoms with van der Waals surface area (Å²) in [6.07, 6.45) is 6.63. The molecule has 7 rings (SSSR count). The summed E-state index contributed by atoms with van der Waals surface area (Å²) in [5.74, 6) is -3.28. The van der Waals surface area contributed by atoms with Crippen molar-refractivity contribution in [2.45, 2.75) is 179 Å². The van der Waals surface area contributed by atoms with Crippen molar-refractivity contribution < 1.29 is 130 Å². The van der Waals surface area contributed by atoms with E-state index in [2.05, 4.69) is 32.6 Å². The molecule has 0 bridgehead atoms. The summed E-state index contributed by atoms with van der Waals surface area (Å²) < 4.78 is 39.1. The largest absolute Gasteiger partial charge is 0.466 e. The molecule has 0 aromatic heterocycles. The van der Waals surface area contributed by atoms with E-state index in [-0.39, 0.29) is 158 Å². The molecule has 7 saturated heterocycles. The Balaban J connectivity index is 0.00000128. The molecule has 3 N–H and O–H groups in total. The highest BCUT2D eigenvalue weighted by Crippen LogP contribution is 2.27. The van der Waals surface area contributed by atoms with E-state index in [0.29, 0.717) is 130 Å². The number of amides is 7. The number of hydrogen-bond donors (Lipinski definition) is 3. The second kappa shape index (κ2) is 58.6. The molecule has 35 heteroatoms. The first kappa shape index (κ1) is 104. The number of aliphatic hydroxyl groups is 3. The lowest BCUT2D eigenvalue weighted by Gasteiger charge is -2.23. The minimum absolute atomic E-state index is 0.0213. The summed E-state index contributed by atoms with van der Waals surface area (Å²) in [6.45, 7) is 32.2. The smallest absolute Gasteiger partial charge is 0.373 e. The van der Waals surface area contributed by atoms with Gasteiger partial charge in [-0.15, -0.1) is 0 Å². The van der Waals surface area contributed by atoms with Crippen LogP contribution >= 0.6 is 0 Å². The number of likely N-dealkylation sites (tertiary alicyclic amines) is 7. The first-order valence-electron chi connectivity index (χ1n) is 39.3. The standard InChI is InChI=1S/C15H27NO3.C12H22N2O3.C11H19NO4.C11H19NO3.C10H17NO4.C9H15NO5.C8H13NO3.CO2/c1-4-7-8-12(5-2)10-16-11-13(9-14(16)17)15(18)19-6-3;1-4-17-12(16)10-8-11(15)14(9-10)7-5-6-13(2)3;1-3-16-11(14)9-7-10(13)12(8-9)5-4-6-15-2;1-4-15-11(14)9-5-10(13)12(7-9)6-8(2)3;1-3-15-10(14)8-4-9(13)11(6-8)5-7(2)12;1-2-15-9(14)6-3-7(12)10(4-6)8(13)5-11;1-3-12-8(11)6-4-7(10)9(2)5-6;2-1-3/h12-13H,4-11H2,1-3H3;10H,4-9H2,1-3H3;9H,3-8H2,1-2H3;8-9H,4-7H2,1-3H3;7-8,12H,3-6H2,1-2H3;6,8,11,13H,2-5H2,1H3;6H,3-5H2,1-2H3;. The van der Waals surface area contributed by atoms with E-state index in [4.69, 9.17) is 57.7 Å². The van der Waals surface area contributed by atoms with Crippen molar-refractivity contribution in [3.05, 3.63) is 0 Å². The topological polar surface area (TPSA) is 434 Å². The Morgan fingerprint density at radius 2 is 0.741 bits per heavy atom. The molecule has 0 aromatic rings. The molecule has 0 aliphatic carbocycles. The second-order valence-corrected chi connectivity index (χ2v) is 28.4. The van der Waals surface area contributed by atoms with Crippen LogP contribution in [0.15, 0.2) is 0 Å². The lowest BCUT2D eigenvalue weighted by atomic mass is 9.99. The van der Waals surface area contributed by atoms with Crippen LogP contribution in [-0.4, -0.2) is 329 Å². The average Bonchev–Trinajstić information content (AvgIpc) is 1.66. The molecule has 0 radical (unpaired) electrons. The molecule has 7 aliphatic heterocycles. The van der Waals surface area contributed by atoms with Crippen LogP contribution in [0.1, 0.15) is 167 Å². The molecule has 7 aliphatic rings. The van der Waals surface area contributed by atoms with E-state index in [1.54, 1.807) is 89.1 Å². The predicted octanol–water partition coefficient (Wildman–Crippen LogP) is 2.38. The summed E-state index contributed by atoms with van der Waals surface area (Å²) in [5, 5.41) is 27.1. The Morgan fingerprint density at radius 1 is 0.438 bits per heavy atom. The highest BCUT2D eigenvalue weighted by molar-refractivity contribution is 5.90. The molecule has 35 nitrogen and oxygen atoms in total. The fourth-order valence-electron chi connectivity index (χ4n) is 12.7. The Labute approximate surface area is 660 Å². The zero-order chi connectivity index (χ0) is 85.2.